The minimum atomic E-state index is -0.473. The summed E-state index contributed by atoms with van der Waals surface area (Å²) in [4.78, 5) is 23.8. The van der Waals surface area contributed by atoms with E-state index in [9.17, 15) is 14.9 Å². The number of aromatic nitrogens is 2. The first kappa shape index (κ1) is 17.2. The van der Waals surface area contributed by atoms with Crippen LogP contribution in [0.15, 0.2) is 28.6 Å². The van der Waals surface area contributed by atoms with Gasteiger partial charge in [0.15, 0.2) is 4.34 Å². The zero-order chi connectivity index (χ0) is 16.8. The predicted molar refractivity (Wildman–Crippen MR) is 91.3 cm³/mol. The molecule has 2 rings (SSSR count). The molecule has 10 heteroatoms. The van der Waals surface area contributed by atoms with Crippen LogP contribution in [-0.4, -0.2) is 40.4 Å². The Kier molecular flexibility index (Phi) is 5.88. The smallest absolute Gasteiger partial charge is 0.269 e. The number of thioether (sulfide) groups is 1. The van der Waals surface area contributed by atoms with Crippen LogP contribution in [-0.2, 0) is 4.79 Å². The van der Waals surface area contributed by atoms with Gasteiger partial charge in [-0.25, -0.2) is 0 Å². The zero-order valence-electron chi connectivity index (χ0n) is 12.6. The number of nitro groups is 1. The first-order valence-electron chi connectivity index (χ1n) is 6.72. The molecule has 0 aliphatic carbocycles. The Balaban J connectivity index is 1.92. The molecule has 1 N–H and O–H groups in total. The van der Waals surface area contributed by atoms with Gasteiger partial charge in [-0.2, -0.15) is 0 Å². The molecule has 0 spiro atoms. The van der Waals surface area contributed by atoms with Gasteiger partial charge in [-0.1, -0.05) is 23.1 Å². The van der Waals surface area contributed by atoms with Crippen LogP contribution >= 0.6 is 23.1 Å². The number of nitro benzene ring substituents is 1. The molecular formula is C13H15N5O3S2. The first-order valence-corrected chi connectivity index (χ1v) is 8.52. The predicted octanol–water partition coefficient (Wildman–Crippen LogP) is 2.63. The summed E-state index contributed by atoms with van der Waals surface area (Å²) in [5.41, 5.74) is 0.598. The van der Waals surface area contributed by atoms with Crippen LogP contribution in [0.4, 0.5) is 16.5 Å². The highest BCUT2D eigenvalue weighted by atomic mass is 32.2. The van der Waals surface area contributed by atoms with Gasteiger partial charge in [0.25, 0.3) is 5.69 Å². The average Bonchev–Trinajstić information content (AvgIpc) is 3.00. The van der Waals surface area contributed by atoms with Crippen LogP contribution in [0.2, 0.25) is 0 Å². The van der Waals surface area contributed by atoms with E-state index in [1.165, 1.54) is 40.1 Å². The van der Waals surface area contributed by atoms with E-state index in [-0.39, 0.29) is 17.3 Å². The molecule has 0 aliphatic heterocycles. The summed E-state index contributed by atoms with van der Waals surface area (Å²) in [6, 6.07) is 5.85. The summed E-state index contributed by atoms with van der Waals surface area (Å²) in [6.07, 6.45) is 0. The number of rotatable bonds is 7. The highest BCUT2D eigenvalue weighted by Gasteiger charge is 2.14. The highest BCUT2D eigenvalue weighted by Crippen LogP contribution is 2.26. The maximum atomic E-state index is 12.2. The fourth-order valence-corrected chi connectivity index (χ4v) is 3.39. The molecule has 0 saturated carbocycles. The van der Waals surface area contributed by atoms with Crippen LogP contribution in [0.3, 0.4) is 0 Å². The molecule has 0 fully saturated rings. The van der Waals surface area contributed by atoms with Crippen LogP contribution in [0.5, 0.6) is 0 Å². The number of nitrogens with one attached hydrogen (secondary N) is 1. The van der Waals surface area contributed by atoms with Crippen molar-refractivity contribution in [2.75, 3.05) is 29.6 Å². The summed E-state index contributed by atoms with van der Waals surface area (Å²) in [5, 5.41) is 22.4. The molecule has 2 aromatic rings. The van der Waals surface area contributed by atoms with Gasteiger partial charge in [0, 0.05) is 31.4 Å². The van der Waals surface area contributed by atoms with Gasteiger partial charge in [0.2, 0.25) is 11.0 Å². The van der Waals surface area contributed by atoms with Crippen molar-refractivity contribution in [2.45, 2.75) is 11.3 Å². The van der Waals surface area contributed by atoms with E-state index in [0.29, 0.717) is 10.0 Å². The topological polar surface area (TPSA) is 101 Å². The van der Waals surface area contributed by atoms with Crippen molar-refractivity contribution in [1.29, 1.82) is 0 Å². The number of benzene rings is 1. The van der Waals surface area contributed by atoms with E-state index >= 15 is 0 Å². The third-order valence-corrected chi connectivity index (χ3v) is 4.87. The number of carbonyl (C=O) groups is 1. The Morgan fingerprint density at radius 2 is 2.09 bits per heavy atom. The maximum Gasteiger partial charge on any atom is 0.269 e. The Morgan fingerprint density at radius 1 is 1.39 bits per heavy atom. The summed E-state index contributed by atoms with van der Waals surface area (Å²) in [5.74, 6) is 0.0953. The molecule has 0 bridgehead atoms. The SMILES string of the molecule is CCNc1nnc(SCC(=O)N(C)c2ccc([N+](=O)[O-])cc2)s1. The molecule has 1 amide bonds. The van der Waals surface area contributed by atoms with Gasteiger partial charge in [0.1, 0.15) is 0 Å². The Hall–Kier alpha value is -2.20. The second kappa shape index (κ2) is 7.88. The van der Waals surface area contributed by atoms with E-state index in [1.807, 2.05) is 6.92 Å². The Morgan fingerprint density at radius 3 is 2.70 bits per heavy atom. The largest absolute Gasteiger partial charge is 0.360 e. The molecule has 0 saturated heterocycles. The van der Waals surface area contributed by atoms with E-state index in [0.717, 1.165) is 11.7 Å². The number of carbonyl (C=O) groups excluding carboxylic acids is 1. The van der Waals surface area contributed by atoms with Crippen LogP contribution < -0.4 is 10.2 Å². The molecule has 8 nitrogen and oxygen atoms in total. The van der Waals surface area contributed by atoms with Crippen LogP contribution in [0, 0.1) is 10.1 Å². The average molecular weight is 353 g/mol. The van der Waals surface area contributed by atoms with E-state index in [2.05, 4.69) is 15.5 Å². The minimum Gasteiger partial charge on any atom is -0.360 e. The minimum absolute atomic E-state index is 0.00575. The number of hydrogen-bond acceptors (Lipinski definition) is 8. The van der Waals surface area contributed by atoms with Gasteiger partial charge >= 0.3 is 0 Å². The van der Waals surface area contributed by atoms with Crippen molar-refractivity contribution in [2.24, 2.45) is 0 Å². The lowest BCUT2D eigenvalue weighted by atomic mass is 10.2. The van der Waals surface area contributed by atoms with Crippen molar-refractivity contribution < 1.29 is 9.72 Å². The second-order valence-corrected chi connectivity index (χ2v) is 6.62. The fourth-order valence-electron chi connectivity index (χ4n) is 1.65. The lowest BCUT2D eigenvalue weighted by molar-refractivity contribution is -0.384. The second-order valence-electron chi connectivity index (χ2n) is 4.42. The van der Waals surface area contributed by atoms with E-state index in [1.54, 1.807) is 19.2 Å². The van der Waals surface area contributed by atoms with Crippen LogP contribution in [0.1, 0.15) is 6.92 Å². The molecule has 0 atom stereocenters. The van der Waals surface area contributed by atoms with Gasteiger partial charge in [-0.3, -0.25) is 14.9 Å². The van der Waals surface area contributed by atoms with Gasteiger partial charge < -0.3 is 10.2 Å². The molecule has 122 valence electrons. The molecule has 0 aliphatic rings. The molecule has 1 aromatic heterocycles. The van der Waals surface area contributed by atoms with Crippen molar-refractivity contribution in [3.8, 4) is 0 Å². The maximum absolute atomic E-state index is 12.2. The van der Waals surface area contributed by atoms with Gasteiger partial charge in [-0.15, -0.1) is 10.2 Å². The molecule has 1 aromatic carbocycles. The first-order chi connectivity index (χ1) is 11.0. The molecule has 0 radical (unpaired) electrons. The van der Waals surface area contributed by atoms with Crippen LogP contribution in [0.25, 0.3) is 0 Å². The molecular weight excluding hydrogens is 338 g/mol. The van der Waals surface area contributed by atoms with Crippen molar-refractivity contribution in [1.82, 2.24) is 10.2 Å². The van der Waals surface area contributed by atoms with E-state index in [4.69, 9.17) is 0 Å². The molecule has 23 heavy (non-hydrogen) atoms. The third kappa shape index (κ3) is 4.63. The van der Waals surface area contributed by atoms with Crippen molar-refractivity contribution in [3.05, 3.63) is 34.4 Å². The normalized spacial score (nSPS) is 10.3. The quantitative estimate of drug-likeness (QED) is 0.464. The van der Waals surface area contributed by atoms with Gasteiger partial charge in [-0.05, 0) is 19.1 Å². The summed E-state index contributed by atoms with van der Waals surface area (Å²) >= 11 is 2.71. The summed E-state index contributed by atoms with van der Waals surface area (Å²) in [7, 11) is 1.63. The number of anilines is 2. The zero-order valence-corrected chi connectivity index (χ0v) is 14.2. The number of non-ortho nitro benzene ring substituents is 1. The number of amides is 1. The molecule has 1 heterocycles. The lowest BCUT2D eigenvalue weighted by Crippen LogP contribution is -2.27. The Bertz CT molecular complexity index is 689. The van der Waals surface area contributed by atoms with Crippen molar-refractivity contribution >= 4 is 45.5 Å². The third-order valence-electron chi connectivity index (χ3n) is 2.88. The fraction of sp³-hybridized carbons (Fsp3) is 0.308. The lowest BCUT2D eigenvalue weighted by Gasteiger charge is -2.16. The number of nitrogens with zero attached hydrogens (tertiary/aromatic N) is 4. The summed E-state index contributed by atoms with van der Waals surface area (Å²) in [6.45, 7) is 2.73. The number of hydrogen-bond donors (Lipinski definition) is 1. The van der Waals surface area contributed by atoms with Crippen molar-refractivity contribution in [3.63, 3.8) is 0 Å². The van der Waals surface area contributed by atoms with E-state index < -0.39 is 4.92 Å². The monoisotopic (exact) mass is 353 g/mol. The highest BCUT2D eigenvalue weighted by molar-refractivity contribution is 8.01. The molecule has 0 unspecified atom stereocenters. The Labute approximate surface area is 141 Å². The summed E-state index contributed by atoms with van der Waals surface area (Å²) < 4.78 is 0.714. The van der Waals surface area contributed by atoms with Gasteiger partial charge in [0.05, 0.1) is 10.7 Å². The standard InChI is InChI=1S/C13H15N5O3S2/c1-3-14-12-15-16-13(23-12)22-8-11(19)17(2)9-4-6-10(7-5-9)18(20)21/h4-7H,3,8H2,1-2H3,(H,14,15).